The summed E-state index contributed by atoms with van der Waals surface area (Å²) in [5, 5.41) is -0.503. The molecular weight excluding hydrogens is 728 g/mol. The first-order valence-electron chi connectivity index (χ1n) is 17.8. The summed E-state index contributed by atoms with van der Waals surface area (Å²) in [5.74, 6) is 3.48. The predicted molar refractivity (Wildman–Crippen MR) is 217 cm³/mol. The molecule has 2 aromatic carbocycles. The normalized spacial score (nSPS) is 16.0. The fourth-order valence-corrected chi connectivity index (χ4v) is 7.28. The number of hydrogen-bond donors (Lipinski definition) is 0. The van der Waals surface area contributed by atoms with Gasteiger partial charge in [-0.2, -0.15) is 0 Å². The molecule has 0 saturated carbocycles. The summed E-state index contributed by atoms with van der Waals surface area (Å²) in [6.07, 6.45) is 6.12. The Morgan fingerprint density at radius 1 is 0.611 bits per heavy atom. The number of Topliss-reactive ketones (excluding diaryl/α,β-unsaturated/α-hetero) is 2. The largest absolute Gasteiger partial charge is 0.492 e. The highest BCUT2D eigenvalue weighted by Crippen LogP contribution is 2.29. The summed E-state index contributed by atoms with van der Waals surface area (Å²) in [6, 6.07) is 27.0. The van der Waals surface area contributed by atoms with Crippen molar-refractivity contribution >= 4 is 57.0 Å². The summed E-state index contributed by atoms with van der Waals surface area (Å²) >= 11 is 2.31. The molecule has 0 aliphatic carbocycles. The van der Waals surface area contributed by atoms with Gasteiger partial charge in [-0.3, -0.25) is 23.9 Å². The molecule has 54 heavy (non-hydrogen) atoms. The molecule has 0 N–H and O–H groups in total. The van der Waals surface area contributed by atoms with E-state index in [0.717, 1.165) is 70.9 Å². The molecule has 2 saturated heterocycles. The first-order valence-corrected chi connectivity index (χ1v) is 19.5. The third kappa shape index (κ3) is 14.6. The van der Waals surface area contributed by atoms with Crippen molar-refractivity contribution in [1.29, 1.82) is 0 Å². The van der Waals surface area contributed by atoms with Crippen molar-refractivity contribution < 1.29 is 33.4 Å². The first kappa shape index (κ1) is 43.7. The van der Waals surface area contributed by atoms with E-state index in [1.165, 1.54) is 6.42 Å². The van der Waals surface area contributed by atoms with Gasteiger partial charge in [-0.15, -0.1) is 0 Å². The van der Waals surface area contributed by atoms with Crippen LogP contribution in [0.5, 0.6) is 11.5 Å². The molecule has 0 amide bonds. The first-order chi connectivity index (χ1) is 25.6. The van der Waals surface area contributed by atoms with Crippen molar-refractivity contribution in [3.63, 3.8) is 0 Å². The molecule has 2 atom stereocenters. The van der Waals surface area contributed by atoms with Gasteiger partial charge in [0, 0.05) is 26.5 Å². The van der Waals surface area contributed by atoms with E-state index in [9.17, 15) is 19.2 Å². The second-order valence-corrected chi connectivity index (χ2v) is 15.1. The van der Waals surface area contributed by atoms with E-state index in [1.54, 1.807) is 12.4 Å². The van der Waals surface area contributed by atoms with E-state index >= 15 is 0 Å². The van der Waals surface area contributed by atoms with Crippen molar-refractivity contribution in [3.05, 3.63) is 108 Å². The van der Waals surface area contributed by atoms with Gasteiger partial charge in [-0.05, 0) is 72.5 Å². The number of anilines is 2. The van der Waals surface area contributed by atoms with E-state index in [-0.39, 0.29) is 49.8 Å². The average molecular weight is 777 g/mol. The van der Waals surface area contributed by atoms with Crippen LogP contribution in [-0.4, -0.2) is 82.7 Å². The molecule has 2 aliphatic heterocycles. The number of thioether (sulfide) groups is 2. The number of carbonyl (C=O) groups excluding carboxylic acids is 4. The monoisotopic (exact) mass is 776 g/mol. The molecule has 2 fully saturated rings. The summed E-state index contributed by atoms with van der Waals surface area (Å²) < 4.78 is 11.5. The van der Waals surface area contributed by atoms with Crippen molar-refractivity contribution in [2.75, 3.05) is 50.2 Å². The number of carbonyl (C=O) groups is 4. The van der Waals surface area contributed by atoms with E-state index in [0.29, 0.717) is 26.1 Å². The Balaban J connectivity index is 0.000000266. The van der Waals surface area contributed by atoms with Crippen LogP contribution in [0.3, 0.4) is 0 Å². The Kier molecular flexibility index (Phi) is 18.7. The van der Waals surface area contributed by atoms with Crippen LogP contribution in [0, 0.1) is 0 Å². The molecule has 0 spiro atoms. The average Bonchev–Trinajstić information content (AvgIpc) is 3.66. The zero-order valence-electron chi connectivity index (χ0n) is 31.2. The molecule has 10 nitrogen and oxygen atoms in total. The van der Waals surface area contributed by atoms with Gasteiger partial charge in [-0.1, -0.05) is 80.2 Å². The summed E-state index contributed by atoms with van der Waals surface area (Å²) in [5.41, 5.74) is 2.08. The highest BCUT2D eigenvalue weighted by Gasteiger charge is 2.32. The van der Waals surface area contributed by atoms with Crippen molar-refractivity contribution in [1.82, 2.24) is 9.97 Å². The van der Waals surface area contributed by atoms with Crippen molar-refractivity contribution in [2.45, 2.75) is 56.5 Å². The highest BCUT2D eigenvalue weighted by molar-refractivity contribution is 8.15. The number of pyridine rings is 2. The van der Waals surface area contributed by atoms with E-state index in [4.69, 9.17) is 9.47 Å². The zero-order valence-corrected chi connectivity index (χ0v) is 32.9. The second-order valence-electron chi connectivity index (χ2n) is 12.6. The Bertz CT molecular complexity index is 1620. The lowest BCUT2D eigenvalue weighted by atomic mass is 10.1. The molecule has 2 aliphatic rings. The van der Waals surface area contributed by atoms with Crippen LogP contribution in [0.1, 0.15) is 44.2 Å². The minimum atomic E-state index is -0.230. The lowest BCUT2D eigenvalue weighted by Gasteiger charge is -2.18. The molecule has 4 heterocycles. The Morgan fingerprint density at radius 2 is 0.981 bits per heavy atom. The summed E-state index contributed by atoms with van der Waals surface area (Å²) in [6.45, 7) is 6.82. The Hall–Kier alpha value is -4.75. The number of nitrogens with zero attached hydrogens (tertiary/aromatic N) is 4. The molecule has 288 valence electrons. The number of hydrogen-bond acceptors (Lipinski definition) is 12. The van der Waals surface area contributed by atoms with Gasteiger partial charge < -0.3 is 19.3 Å². The summed E-state index contributed by atoms with van der Waals surface area (Å²) in [4.78, 5) is 58.7. The van der Waals surface area contributed by atoms with Crippen LogP contribution in [0.2, 0.25) is 0 Å². The van der Waals surface area contributed by atoms with Gasteiger partial charge in [-0.25, -0.2) is 9.97 Å². The zero-order chi connectivity index (χ0) is 38.0. The summed E-state index contributed by atoms with van der Waals surface area (Å²) in [7, 11) is 3.96. The smallest absolute Gasteiger partial charge is 0.197 e. The van der Waals surface area contributed by atoms with Gasteiger partial charge in [0.15, 0.2) is 21.8 Å². The number of likely N-dealkylation sites (N-methyl/N-ethyl adjacent to an activating group) is 2. The predicted octanol–water partition coefficient (Wildman–Crippen LogP) is 7.05. The molecule has 6 rings (SSSR count). The van der Waals surface area contributed by atoms with Gasteiger partial charge in [0.2, 0.25) is 0 Å². The number of halogens is 1. The lowest BCUT2D eigenvalue weighted by Crippen LogP contribution is -2.24. The van der Waals surface area contributed by atoms with Crippen LogP contribution in [0.25, 0.3) is 0 Å². The van der Waals surface area contributed by atoms with Crippen molar-refractivity contribution in [3.8, 4) is 11.5 Å². The van der Waals surface area contributed by atoms with Gasteiger partial charge in [0.05, 0.1) is 36.4 Å². The maximum absolute atomic E-state index is 11.7. The van der Waals surface area contributed by atoms with Crippen LogP contribution >= 0.6 is 23.5 Å². The molecular formula is C41H49FN4O6S2. The van der Waals surface area contributed by atoms with Gasteiger partial charge in [0.1, 0.15) is 36.3 Å². The van der Waals surface area contributed by atoms with Crippen LogP contribution in [-0.2, 0) is 32.0 Å². The van der Waals surface area contributed by atoms with Crippen LogP contribution in [0.15, 0.2) is 97.3 Å². The number of aromatic nitrogens is 2. The molecule has 4 aromatic rings. The van der Waals surface area contributed by atoms with Crippen LogP contribution < -0.4 is 19.3 Å². The number of benzene rings is 2. The van der Waals surface area contributed by atoms with E-state index < -0.39 is 0 Å². The number of rotatable bonds is 14. The molecule has 2 aromatic heterocycles. The second kappa shape index (κ2) is 23.1. The number of ether oxygens (including phenoxy) is 2. The quantitative estimate of drug-likeness (QED) is 0.122. The fraction of sp³-hybridized carbons (Fsp3) is 0.366. The SMILES string of the molecule is CCC.CN(CCOc1ccc(CC2SC(=O)CC2=O)cc1)c1ccccn1.CN(CCOc1ccc(CC2SC(=O)CC2=O)cc1)c1ccccn1.F. The standard InChI is InChI=1S/2C19H20N2O3S.C3H8.FH/c2*1-21(18-4-2-3-9-20-18)10-11-24-15-7-5-14(6-8-15)12-17-16(22)13-19(23)25-17;1-3-2;/h2*2-9,17H,10-13H2,1H3;3H2,1-2H3;1H. The Labute approximate surface area is 325 Å². The van der Waals surface area contributed by atoms with Gasteiger partial charge >= 0.3 is 0 Å². The van der Waals surface area contributed by atoms with Crippen LogP contribution in [0.4, 0.5) is 16.3 Å². The van der Waals surface area contributed by atoms with E-state index in [1.807, 2.05) is 109 Å². The molecule has 13 heteroatoms. The minimum Gasteiger partial charge on any atom is -0.492 e. The Morgan fingerprint density at radius 3 is 1.28 bits per heavy atom. The maximum Gasteiger partial charge on any atom is 0.197 e. The molecule has 0 bridgehead atoms. The fourth-order valence-electron chi connectivity index (χ4n) is 5.22. The molecule has 2 unspecified atom stereocenters. The number of ketones is 2. The highest BCUT2D eigenvalue weighted by atomic mass is 32.2. The van der Waals surface area contributed by atoms with Crippen molar-refractivity contribution in [2.24, 2.45) is 0 Å². The van der Waals surface area contributed by atoms with E-state index in [2.05, 4.69) is 23.8 Å². The van der Waals surface area contributed by atoms with Gasteiger partial charge in [0.25, 0.3) is 0 Å². The molecule has 0 radical (unpaired) electrons. The third-order valence-corrected chi connectivity index (χ3v) is 10.3. The lowest BCUT2D eigenvalue weighted by molar-refractivity contribution is -0.122. The maximum atomic E-state index is 11.7. The topological polar surface area (TPSA) is 119 Å². The minimum absolute atomic E-state index is 0. The third-order valence-electron chi connectivity index (χ3n) is 8.06.